The zero-order chi connectivity index (χ0) is 11.3. The minimum atomic E-state index is 0.387. The van der Waals surface area contributed by atoms with Gasteiger partial charge in [-0.2, -0.15) is 11.8 Å². The molecule has 0 heterocycles. The Kier molecular flexibility index (Phi) is 5.20. The normalized spacial score (nSPS) is 24.1. The van der Waals surface area contributed by atoms with Crippen LogP contribution in [0.5, 0.6) is 0 Å². The maximum absolute atomic E-state index is 3.68. The molecule has 1 nitrogen and oxygen atoms in total. The maximum Gasteiger partial charge on any atom is 0.0252 e. The van der Waals surface area contributed by atoms with Gasteiger partial charge in [-0.15, -0.1) is 0 Å². The summed E-state index contributed by atoms with van der Waals surface area (Å²) in [7, 11) is 0. The largest absolute Gasteiger partial charge is 0.307 e. The second kappa shape index (κ2) is 5.95. The smallest absolute Gasteiger partial charge is 0.0252 e. The van der Waals surface area contributed by atoms with Crippen LogP contribution in [-0.4, -0.2) is 22.6 Å². The molecule has 2 unspecified atom stereocenters. The minimum Gasteiger partial charge on any atom is -0.307 e. The first-order valence-corrected chi connectivity index (χ1v) is 7.02. The number of rotatable bonds is 4. The van der Waals surface area contributed by atoms with E-state index in [0.717, 1.165) is 0 Å². The van der Waals surface area contributed by atoms with Crippen LogP contribution >= 0.6 is 11.8 Å². The fourth-order valence-electron chi connectivity index (χ4n) is 1.74. The molecule has 1 rings (SSSR count). The third-order valence-corrected chi connectivity index (χ3v) is 4.05. The van der Waals surface area contributed by atoms with Gasteiger partial charge in [0.15, 0.2) is 0 Å². The first-order chi connectivity index (χ1) is 6.97. The van der Waals surface area contributed by atoms with Crippen LogP contribution in [0.2, 0.25) is 0 Å². The Morgan fingerprint density at radius 2 is 2.20 bits per heavy atom. The molecule has 88 valence electrons. The predicted octanol–water partition coefficient (Wildman–Crippen LogP) is 3.60. The summed E-state index contributed by atoms with van der Waals surface area (Å²) >= 11 is 2.04. The van der Waals surface area contributed by atoms with Gasteiger partial charge in [-0.05, 0) is 26.2 Å². The average molecular weight is 227 g/mol. The molecule has 1 N–H and O–H groups in total. The number of allylic oxidation sites excluding steroid dienone is 1. The number of hydrogen-bond donors (Lipinski definition) is 1. The first kappa shape index (κ1) is 13.1. The van der Waals surface area contributed by atoms with Crippen molar-refractivity contribution in [3.63, 3.8) is 0 Å². The molecule has 0 aromatic heterocycles. The zero-order valence-electron chi connectivity index (χ0n) is 10.5. The van der Waals surface area contributed by atoms with Gasteiger partial charge in [0, 0.05) is 22.6 Å². The van der Waals surface area contributed by atoms with Crippen molar-refractivity contribution in [2.24, 2.45) is 0 Å². The van der Waals surface area contributed by atoms with E-state index in [1.165, 1.54) is 25.0 Å². The van der Waals surface area contributed by atoms with Crippen LogP contribution in [0.4, 0.5) is 0 Å². The van der Waals surface area contributed by atoms with E-state index in [1.54, 1.807) is 0 Å². The molecule has 0 aliphatic heterocycles. The van der Waals surface area contributed by atoms with E-state index in [1.807, 2.05) is 11.8 Å². The van der Waals surface area contributed by atoms with Crippen molar-refractivity contribution in [3.05, 3.63) is 12.2 Å². The molecule has 0 aromatic rings. The number of nitrogens with one attached hydrogen (secondary N) is 1. The Morgan fingerprint density at radius 3 is 2.73 bits per heavy atom. The summed E-state index contributed by atoms with van der Waals surface area (Å²) in [6.07, 6.45) is 8.56. The monoisotopic (exact) mass is 227 g/mol. The van der Waals surface area contributed by atoms with Crippen molar-refractivity contribution in [3.8, 4) is 0 Å². The van der Waals surface area contributed by atoms with Gasteiger partial charge in [0.1, 0.15) is 0 Å². The third kappa shape index (κ3) is 6.26. The number of thioether (sulfide) groups is 1. The molecule has 0 saturated carbocycles. The highest BCUT2D eigenvalue weighted by atomic mass is 32.2. The van der Waals surface area contributed by atoms with Gasteiger partial charge < -0.3 is 5.32 Å². The van der Waals surface area contributed by atoms with Crippen LogP contribution < -0.4 is 5.32 Å². The number of hydrogen-bond acceptors (Lipinski definition) is 2. The summed E-state index contributed by atoms with van der Waals surface area (Å²) in [5.41, 5.74) is 0. The lowest BCUT2D eigenvalue weighted by molar-refractivity contribution is 0.479. The Bertz CT molecular complexity index is 205. The second-order valence-electron chi connectivity index (χ2n) is 5.46. The highest BCUT2D eigenvalue weighted by molar-refractivity contribution is 8.00. The van der Waals surface area contributed by atoms with Crippen LogP contribution in [0.15, 0.2) is 12.2 Å². The standard InChI is InChI=1S/C13H25NS/c1-11(10-15-13(2,3)4)14-12-8-6-5-7-9-12/h6,8,11-12,14H,5,7,9-10H2,1-4H3. The summed E-state index contributed by atoms with van der Waals surface area (Å²) in [6, 6.07) is 1.23. The molecule has 0 amide bonds. The van der Waals surface area contributed by atoms with Crippen LogP contribution in [0.25, 0.3) is 0 Å². The lowest BCUT2D eigenvalue weighted by Crippen LogP contribution is -2.38. The molecule has 0 fully saturated rings. The minimum absolute atomic E-state index is 0.387. The fourth-order valence-corrected chi connectivity index (χ4v) is 2.59. The summed E-state index contributed by atoms with van der Waals surface area (Å²) < 4.78 is 0.387. The van der Waals surface area contributed by atoms with Crippen molar-refractivity contribution in [1.29, 1.82) is 0 Å². The molecule has 0 bridgehead atoms. The second-order valence-corrected chi connectivity index (χ2v) is 7.30. The summed E-state index contributed by atoms with van der Waals surface area (Å²) in [5, 5.41) is 3.68. The molecule has 0 aromatic carbocycles. The molecular formula is C13H25NS. The molecule has 15 heavy (non-hydrogen) atoms. The van der Waals surface area contributed by atoms with E-state index >= 15 is 0 Å². The van der Waals surface area contributed by atoms with Crippen molar-refractivity contribution < 1.29 is 0 Å². The summed E-state index contributed by atoms with van der Waals surface area (Å²) in [5.74, 6) is 1.20. The third-order valence-electron chi connectivity index (χ3n) is 2.52. The van der Waals surface area contributed by atoms with Crippen LogP contribution in [0, 0.1) is 0 Å². The maximum atomic E-state index is 3.68. The lowest BCUT2D eigenvalue weighted by Gasteiger charge is -2.25. The molecule has 1 aliphatic rings. The quantitative estimate of drug-likeness (QED) is 0.736. The van der Waals surface area contributed by atoms with Gasteiger partial charge in [0.25, 0.3) is 0 Å². The van der Waals surface area contributed by atoms with E-state index in [0.29, 0.717) is 16.8 Å². The molecule has 0 saturated heterocycles. The Hall–Kier alpha value is 0.0500. The van der Waals surface area contributed by atoms with E-state index in [-0.39, 0.29) is 0 Å². The van der Waals surface area contributed by atoms with Gasteiger partial charge in [-0.1, -0.05) is 32.9 Å². The Morgan fingerprint density at radius 1 is 1.47 bits per heavy atom. The predicted molar refractivity (Wildman–Crippen MR) is 71.6 cm³/mol. The Balaban J connectivity index is 2.20. The van der Waals surface area contributed by atoms with Crippen LogP contribution in [0.1, 0.15) is 47.0 Å². The van der Waals surface area contributed by atoms with Crippen molar-refractivity contribution >= 4 is 11.8 Å². The van der Waals surface area contributed by atoms with Crippen LogP contribution in [0.3, 0.4) is 0 Å². The van der Waals surface area contributed by atoms with E-state index in [9.17, 15) is 0 Å². The lowest BCUT2D eigenvalue weighted by atomic mass is 10.0. The van der Waals surface area contributed by atoms with Gasteiger partial charge >= 0.3 is 0 Å². The molecule has 0 radical (unpaired) electrons. The summed E-state index contributed by atoms with van der Waals surface area (Å²) in [4.78, 5) is 0. The highest BCUT2D eigenvalue weighted by Crippen LogP contribution is 2.24. The highest BCUT2D eigenvalue weighted by Gasteiger charge is 2.15. The van der Waals surface area contributed by atoms with Gasteiger partial charge in [-0.25, -0.2) is 0 Å². The zero-order valence-corrected chi connectivity index (χ0v) is 11.4. The van der Waals surface area contributed by atoms with Crippen molar-refractivity contribution in [2.75, 3.05) is 5.75 Å². The molecule has 0 spiro atoms. The molecule has 1 aliphatic carbocycles. The SMILES string of the molecule is CC(CSC(C)(C)C)NC1C=CCCC1. The molecular weight excluding hydrogens is 202 g/mol. The van der Waals surface area contributed by atoms with Crippen molar-refractivity contribution in [2.45, 2.75) is 63.8 Å². The summed E-state index contributed by atoms with van der Waals surface area (Å²) in [6.45, 7) is 9.14. The van der Waals surface area contributed by atoms with Crippen LogP contribution in [-0.2, 0) is 0 Å². The average Bonchev–Trinajstić information content (AvgIpc) is 2.15. The van der Waals surface area contributed by atoms with Gasteiger partial charge in [0.2, 0.25) is 0 Å². The fraction of sp³-hybridized carbons (Fsp3) is 0.846. The molecule has 2 atom stereocenters. The Labute approximate surface area is 99.1 Å². The van der Waals surface area contributed by atoms with Crippen molar-refractivity contribution in [1.82, 2.24) is 5.32 Å². The van der Waals surface area contributed by atoms with E-state index < -0.39 is 0 Å². The van der Waals surface area contributed by atoms with Gasteiger partial charge in [0.05, 0.1) is 0 Å². The topological polar surface area (TPSA) is 12.0 Å². The van der Waals surface area contributed by atoms with E-state index in [2.05, 4.69) is 45.2 Å². The molecule has 2 heteroatoms. The van der Waals surface area contributed by atoms with E-state index in [4.69, 9.17) is 0 Å². The first-order valence-electron chi connectivity index (χ1n) is 6.04. The van der Waals surface area contributed by atoms with Gasteiger partial charge in [-0.3, -0.25) is 0 Å².